The lowest BCUT2D eigenvalue weighted by atomic mass is 9.79. The zero-order valence-corrected chi connectivity index (χ0v) is 8.81. The van der Waals surface area contributed by atoms with Crippen LogP contribution in [0.5, 0.6) is 0 Å². The number of carbonyl (C=O) groups excluding carboxylic acids is 1. The molecule has 16 heavy (non-hydrogen) atoms. The van der Waals surface area contributed by atoms with E-state index in [1.54, 1.807) is 0 Å². The fourth-order valence-corrected chi connectivity index (χ4v) is 2.03. The maximum Gasteiger partial charge on any atom is 0.322 e. The standard InChI is InChI=1S/C10H15NO5/c12-8(13)5-11-9(14)6-3-1-2-4-7(6)10(15)16/h6-7H,1-5H2,(H,11,14)(H,12,13)(H,15,16). The summed E-state index contributed by atoms with van der Waals surface area (Å²) in [4.78, 5) is 32.8. The van der Waals surface area contributed by atoms with Crippen molar-refractivity contribution in [2.45, 2.75) is 25.7 Å². The Hall–Kier alpha value is -1.59. The molecule has 0 aromatic carbocycles. The van der Waals surface area contributed by atoms with Crippen LogP contribution in [0, 0.1) is 11.8 Å². The summed E-state index contributed by atoms with van der Waals surface area (Å²) < 4.78 is 0. The Morgan fingerprint density at radius 3 is 2.12 bits per heavy atom. The van der Waals surface area contributed by atoms with Gasteiger partial charge in [0.2, 0.25) is 5.91 Å². The molecule has 0 aromatic rings. The number of carboxylic acids is 2. The van der Waals surface area contributed by atoms with Gasteiger partial charge in [-0.3, -0.25) is 14.4 Å². The molecule has 0 saturated heterocycles. The van der Waals surface area contributed by atoms with Crippen molar-refractivity contribution in [1.82, 2.24) is 5.32 Å². The van der Waals surface area contributed by atoms with Gasteiger partial charge in [-0.15, -0.1) is 0 Å². The van der Waals surface area contributed by atoms with Gasteiger partial charge in [-0.25, -0.2) is 0 Å². The molecule has 2 unspecified atom stereocenters. The summed E-state index contributed by atoms with van der Waals surface area (Å²) in [6.45, 7) is -0.457. The molecule has 0 heterocycles. The molecule has 0 bridgehead atoms. The van der Waals surface area contributed by atoms with E-state index in [0.717, 1.165) is 12.8 Å². The molecular weight excluding hydrogens is 214 g/mol. The molecule has 1 amide bonds. The van der Waals surface area contributed by atoms with Crippen LogP contribution in [0.2, 0.25) is 0 Å². The van der Waals surface area contributed by atoms with Crippen molar-refractivity contribution in [3.05, 3.63) is 0 Å². The van der Waals surface area contributed by atoms with E-state index < -0.39 is 36.2 Å². The second kappa shape index (κ2) is 5.48. The smallest absolute Gasteiger partial charge is 0.322 e. The highest BCUT2D eigenvalue weighted by molar-refractivity contribution is 5.87. The van der Waals surface area contributed by atoms with Crippen molar-refractivity contribution >= 4 is 17.8 Å². The Kier molecular flexibility index (Phi) is 4.28. The third-order valence-electron chi connectivity index (χ3n) is 2.83. The van der Waals surface area contributed by atoms with Crippen molar-refractivity contribution in [3.63, 3.8) is 0 Å². The van der Waals surface area contributed by atoms with Crippen LogP contribution in [0.25, 0.3) is 0 Å². The molecule has 0 radical (unpaired) electrons. The van der Waals surface area contributed by atoms with Crippen molar-refractivity contribution in [1.29, 1.82) is 0 Å². The molecule has 1 saturated carbocycles. The second-order valence-corrected chi connectivity index (χ2v) is 3.95. The van der Waals surface area contributed by atoms with Crippen LogP contribution in [-0.4, -0.2) is 34.6 Å². The lowest BCUT2D eigenvalue weighted by molar-refractivity contribution is -0.149. The Morgan fingerprint density at radius 2 is 1.62 bits per heavy atom. The summed E-state index contributed by atoms with van der Waals surface area (Å²) in [7, 11) is 0. The summed E-state index contributed by atoms with van der Waals surface area (Å²) in [5.74, 6) is -3.84. The van der Waals surface area contributed by atoms with E-state index in [-0.39, 0.29) is 0 Å². The third-order valence-corrected chi connectivity index (χ3v) is 2.83. The monoisotopic (exact) mass is 229 g/mol. The summed E-state index contributed by atoms with van der Waals surface area (Å²) in [5, 5.41) is 19.6. The quantitative estimate of drug-likeness (QED) is 0.633. The van der Waals surface area contributed by atoms with Crippen molar-refractivity contribution in [3.8, 4) is 0 Å². The van der Waals surface area contributed by atoms with E-state index in [1.807, 2.05) is 0 Å². The van der Waals surface area contributed by atoms with E-state index in [4.69, 9.17) is 10.2 Å². The van der Waals surface area contributed by atoms with E-state index in [1.165, 1.54) is 0 Å². The fourth-order valence-electron chi connectivity index (χ4n) is 2.03. The summed E-state index contributed by atoms with van der Waals surface area (Å²) >= 11 is 0. The van der Waals surface area contributed by atoms with Crippen LogP contribution in [0.3, 0.4) is 0 Å². The number of amides is 1. The zero-order valence-electron chi connectivity index (χ0n) is 8.81. The van der Waals surface area contributed by atoms with Crippen LogP contribution in [0.1, 0.15) is 25.7 Å². The second-order valence-electron chi connectivity index (χ2n) is 3.95. The van der Waals surface area contributed by atoms with Gasteiger partial charge in [-0.2, -0.15) is 0 Å². The van der Waals surface area contributed by atoms with Gasteiger partial charge in [0.1, 0.15) is 6.54 Å². The summed E-state index contributed by atoms with van der Waals surface area (Å²) in [5.41, 5.74) is 0. The molecule has 0 spiro atoms. The highest BCUT2D eigenvalue weighted by atomic mass is 16.4. The highest BCUT2D eigenvalue weighted by Gasteiger charge is 2.35. The van der Waals surface area contributed by atoms with Gasteiger partial charge < -0.3 is 15.5 Å². The number of hydrogen-bond acceptors (Lipinski definition) is 3. The molecule has 2 atom stereocenters. The number of rotatable bonds is 4. The van der Waals surface area contributed by atoms with Crippen LogP contribution in [0.15, 0.2) is 0 Å². The molecule has 90 valence electrons. The Bertz CT molecular complexity index is 302. The lowest BCUT2D eigenvalue weighted by Gasteiger charge is -2.27. The van der Waals surface area contributed by atoms with Gasteiger partial charge in [0.05, 0.1) is 11.8 Å². The van der Waals surface area contributed by atoms with Gasteiger partial charge in [-0.05, 0) is 12.8 Å². The first-order valence-corrected chi connectivity index (χ1v) is 5.24. The van der Waals surface area contributed by atoms with Gasteiger partial charge in [0.25, 0.3) is 0 Å². The van der Waals surface area contributed by atoms with E-state index in [2.05, 4.69) is 5.32 Å². The number of carboxylic acid groups (broad SMARTS) is 2. The minimum Gasteiger partial charge on any atom is -0.481 e. The average Bonchev–Trinajstić information content (AvgIpc) is 2.25. The number of nitrogens with one attached hydrogen (secondary N) is 1. The lowest BCUT2D eigenvalue weighted by Crippen LogP contribution is -2.41. The molecule has 6 heteroatoms. The predicted molar refractivity (Wildman–Crippen MR) is 53.7 cm³/mol. The fraction of sp³-hybridized carbons (Fsp3) is 0.700. The van der Waals surface area contributed by atoms with Crippen LogP contribution in [-0.2, 0) is 14.4 Å². The largest absolute Gasteiger partial charge is 0.481 e. The molecule has 1 aliphatic carbocycles. The first-order valence-electron chi connectivity index (χ1n) is 5.24. The van der Waals surface area contributed by atoms with Gasteiger partial charge >= 0.3 is 11.9 Å². The summed E-state index contributed by atoms with van der Waals surface area (Å²) in [6.07, 6.45) is 2.62. The number of aliphatic carboxylic acids is 2. The predicted octanol–water partition coefficient (Wildman–Crippen LogP) is 0.0782. The Labute approximate surface area is 92.6 Å². The van der Waals surface area contributed by atoms with Crippen LogP contribution < -0.4 is 5.32 Å². The van der Waals surface area contributed by atoms with Crippen molar-refractivity contribution in [2.24, 2.45) is 11.8 Å². The van der Waals surface area contributed by atoms with Crippen LogP contribution in [0.4, 0.5) is 0 Å². The van der Waals surface area contributed by atoms with Crippen molar-refractivity contribution in [2.75, 3.05) is 6.54 Å². The SMILES string of the molecule is O=C(O)CNC(=O)C1CCCCC1C(=O)O. The maximum atomic E-state index is 11.6. The summed E-state index contributed by atoms with van der Waals surface area (Å²) in [6, 6.07) is 0. The molecule has 6 nitrogen and oxygen atoms in total. The van der Waals surface area contributed by atoms with Crippen LogP contribution >= 0.6 is 0 Å². The third kappa shape index (κ3) is 3.22. The zero-order chi connectivity index (χ0) is 12.1. The Balaban J connectivity index is 2.57. The topological polar surface area (TPSA) is 104 Å². The molecule has 1 rings (SSSR count). The van der Waals surface area contributed by atoms with E-state index >= 15 is 0 Å². The van der Waals surface area contributed by atoms with Gasteiger partial charge in [0.15, 0.2) is 0 Å². The molecule has 0 aliphatic heterocycles. The number of carbonyl (C=O) groups is 3. The maximum absolute atomic E-state index is 11.6. The van der Waals surface area contributed by atoms with E-state index in [0.29, 0.717) is 12.8 Å². The average molecular weight is 229 g/mol. The van der Waals surface area contributed by atoms with Crippen molar-refractivity contribution < 1.29 is 24.6 Å². The van der Waals surface area contributed by atoms with E-state index in [9.17, 15) is 14.4 Å². The molecule has 1 aliphatic rings. The normalized spacial score (nSPS) is 24.8. The molecule has 1 fully saturated rings. The first-order chi connectivity index (χ1) is 7.52. The first kappa shape index (κ1) is 12.5. The molecule has 3 N–H and O–H groups in total. The van der Waals surface area contributed by atoms with Gasteiger partial charge in [0, 0.05) is 0 Å². The number of hydrogen-bond donors (Lipinski definition) is 3. The molecule has 0 aromatic heterocycles. The molecular formula is C10H15NO5. The minimum atomic E-state index is -1.13. The minimum absolute atomic E-state index is 0.457. The van der Waals surface area contributed by atoms with Gasteiger partial charge in [-0.1, -0.05) is 12.8 Å². The highest BCUT2D eigenvalue weighted by Crippen LogP contribution is 2.30. The Morgan fingerprint density at radius 1 is 1.06 bits per heavy atom.